The van der Waals surface area contributed by atoms with Crippen molar-refractivity contribution in [2.24, 2.45) is 5.73 Å². The second-order valence-electron chi connectivity index (χ2n) is 4.79. The van der Waals surface area contributed by atoms with Gasteiger partial charge in [-0.1, -0.05) is 18.2 Å². The molecule has 0 radical (unpaired) electrons. The van der Waals surface area contributed by atoms with E-state index in [0.717, 1.165) is 22.2 Å². The molecule has 3 aromatic rings. The molecule has 0 unspecified atom stereocenters. The molecule has 0 saturated carbocycles. The molecule has 3 N–H and O–H groups in total. The number of benzene rings is 2. The topological polar surface area (TPSA) is 68.0 Å². The predicted molar refractivity (Wildman–Crippen MR) is 84.0 cm³/mol. The van der Waals surface area contributed by atoms with Crippen molar-refractivity contribution in [3.8, 4) is 0 Å². The van der Waals surface area contributed by atoms with Crippen LogP contribution in [0.4, 0.5) is 5.69 Å². The number of hydrogen-bond donors (Lipinski definition) is 2. The summed E-state index contributed by atoms with van der Waals surface area (Å²) >= 11 is 0. The molecule has 0 spiro atoms. The fourth-order valence-corrected chi connectivity index (χ4v) is 2.24. The zero-order chi connectivity index (χ0) is 14.7. The number of primary amides is 1. The largest absolute Gasteiger partial charge is 0.380 e. The Morgan fingerprint density at radius 3 is 2.62 bits per heavy atom. The number of rotatable bonds is 4. The highest BCUT2D eigenvalue weighted by Gasteiger charge is 2.02. The van der Waals surface area contributed by atoms with Gasteiger partial charge in [0, 0.05) is 29.4 Å². The Bertz CT molecular complexity index is 776. The fraction of sp³-hybridized carbons (Fsp3) is 0.0588. The maximum atomic E-state index is 11.0. The molecule has 0 fully saturated rings. The average Bonchev–Trinajstić information content (AvgIpc) is 2.53. The van der Waals surface area contributed by atoms with Crippen molar-refractivity contribution >= 4 is 22.5 Å². The molecule has 1 heterocycles. The van der Waals surface area contributed by atoms with Crippen LogP contribution in [0.3, 0.4) is 0 Å². The minimum absolute atomic E-state index is 0.408. The highest BCUT2D eigenvalue weighted by atomic mass is 16.1. The smallest absolute Gasteiger partial charge is 0.248 e. The minimum atomic E-state index is -0.408. The molecule has 0 aliphatic heterocycles. The van der Waals surface area contributed by atoms with Crippen molar-refractivity contribution in [1.82, 2.24) is 4.98 Å². The van der Waals surface area contributed by atoms with Crippen LogP contribution in [0.2, 0.25) is 0 Å². The Morgan fingerprint density at radius 1 is 1.05 bits per heavy atom. The van der Waals surface area contributed by atoms with E-state index in [4.69, 9.17) is 5.73 Å². The SMILES string of the molecule is NC(=O)c1ccc(CNc2cccc3ncccc23)cc1. The van der Waals surface area contributed by atoms with Crippen LogP contribution in [0.5, 0.6) is 0 Å². The van der Waals surface area contributed by atoms with Gasteiger partial charge in [-0.3, -0.25) is 9.78 Å². The number of nitrogens with two attached hydrogens (primary N) is 1. The maximum Gasteiger partial charge on any atom is 0.248 e. The van der Waals surface area contributed by atoms with E-state index in [1.54, 1.807) is 18.3 Å². The van der Waals surface area contributed by atoms with Gasteiger partial charge in [-0.05, 0) is 42.0 Å². The van der Waals surface area contributed by atoms with Crippen LogP contribution >= 0.6 is 0 Å². The van der Waals surface area contributed by atoms with Crippen molar-refractivity contribution in [1.29, 1.82) is 0 Å². The van der Waals surface area contributed by atoms with Crippen LogP contribution in [0.15, 0.2) is 60.8 Å². The highest BCUT2D eigenvalue weighted by Crippen LogP contribution is 2.21. The lowest BCUT2D eigenvalue weighted by atomic mass is 10.1. The van der Waals surface area contributed by atoms with E-state index in [0.29, 0.717) is 12.1 Å². The molecule has 2 aromatic carbocycles. The number of hydrogen-bond acceptors (Lipinski definition) is 3. The molecule has 1 aromatic heterocycles. The minimum Gasteiger partial charge on any atom is -0.380 e. The molecule has 4 heteroatoms. The Hall–Kier alpha value is -2.88. The summed E-state index contributed by atoms with van der Waals surface area (Å²) in [4.78, 5) is 15.4. The summed E-state index contributed by atoms with van der Waals surface area (Å²) in [5.41, 5.74) is 8.84. The molecule has 0 aliphatic rings. The molecule has 0 atom stereocenters. The first-order valence-corrected chi connectivity index (χ1v) is 6.70. The molecule has 4 nitrogen and oxygen atoms in total. The van der Waals surface area contributed by atoms with Crippen LogP contribution in [-0.2, 0) is 6.54 Å². The van der Waals surface area contributed by atoms with E-state index < -0.39 is 5.91 Å². The number of carbonyl (C=O) groups excluding carboxylic acids is 1. The second-order valence-corrected chi connectivity index (χ2v) is 4.79. The van der Waals surface area contributed by atoms with Crippen LogP contribution in [0, 0.1) is 0 Å². The van der Waals surface area contributed by atoms with Crippen molar-refractivity contribution in [2.45, 2.75) is 6.54 Å². The number of amides is 1. The number of fused-ring (bicyclic) bond motifs is 1. The Balaban J connectivity index is 1.79. The van der Waals surface area contributed by atoms with Gasteiger partial charge in [-0.2, -0.15) is 0 Å². The van der Waals surface area contributed by atoms with E-state index in [2.05, 4.69) is 10.3 Å². The summed E-state index contributed by atoms with van der Waals surface area (Å²) in [6.07, 6.45) is 1.79. The number of nitrogens with zero attached hydrogens (tertiary/aromatic N) is 1. The van der Waals surface area contributed by atoms with Gasteiger partial charge in [0.1, 0.15) is 0 Å². The van der Waals surface area contributed by atoms with Crippen molar-refractivity contribution in [3.05, 3.63) is 71.9 Å². The van der Waals surface area contributed by atoms with E-state index in [-0.39, 0.29) is 0 Å². The van der Waals surface area contributed by atoms with Gasteiger partial charge < -0.3 is 11.1 Å². The second kappa shape index (κ2) is 5.63. The summed E-state index contributed by atoms with van der Waals surface area (Å²) in [7, 11) is 0. The predicted octanol–water partition coefficient (Wildman–Crippen LogP) is 2.95. The van der Waals surface area contributed by atoms with Crippen LogP contribution in [0.25, 0.3) is 10.9 Å². The Morgan fingerprint density at radius 2 is 1.86 bits per heavy atom. The summed E-state index contributed by atoms with van der Waals surface area (Å²) in [5.74, 6) is -0.408. The first kappa shape index (κ1) is 13.1. The molecule has 0 bridgehead atoms. The number of aromatic nitrogens is 1. The molecular weight excluding hydrogens is 262 g/mol. The lowest BCUT2D eigenvalue weighted by Gasteiger charge is -2.09. The Labute approximate surface area is 122 Å². The van der Waals surface area contributed by atoms with Gasteiger partial charge in [-0.25, -0.2) is 0 Å². The zero-order valence-electron chi connectivity index (χ0n) is 11.4. The summed E-state index contributed by atoms with van der Waals surface area (Å²) in [6.45, 7) is 0.674. The van der Waals surface area contributed by atoms with E-state index in [1.807, 2.05) is 42.5 Å². The molecule has 3 rings (SSSR count). The quantitative estimate of drug-likeness (QED) is 0.770. The van der Waals surface area contributed by atoms with Gasteiger partial charge in [0.25, 0.3) is 0 Å². The number of nitrogens with one attached hydrogen (secondary N) is 1. The number of carbonyl (C=O) groups is 1. The molecule has 0 saturated heterocycles. The monoisotopic (exact) mass is 277 g/mol. The maximum absolute atomic E-state index is 11.0. The molecular formula is C17H15N3O. The van der Waals surface area contributed by atoms with Gasteiger partial charge in [0.2, 0.25) is 5.91 Å². The van der Waals surface area contributed by atoms with Gasteiger partial charge in [0.15, 0.2) is 0 Å². The van der Waals surface area contributed by atoms with Crippen molar-refractivity contribution in [3.63, 3.8) is 0 Å². The standard InChI is InChI=1S/C17H15N3O/c18-17(21)13-8-6-12(7-9-13)11-20-16-5-1-4-15-14(16)3-2-10-19-15/h1-10,20H,11H2,(H2,18,21). The summed E-state index contributed by atoms with van der Waals surface area (Å²) in [6, 6.07) is 17.2. The summed E-state index contributed by atoms with van der Waals surface area (Å²) < 4.78 is 0. The van der Waals surface area contributed by atoms with Crippen molar-refractivity contribution < 1.29 is 4.79 Å². The zero-order valence-corrected chi connectivity index (χ0v) is 11.4. The van der Waals surface area contributed by atoms with Crippen LogP contribution in [-0.4, -0.2) is 10.9 Å². The molecule has 21 heavy (non-hydrogen) atoms. The fourth-order valence-electron chi connectivity index (χ4n) is 2.24. The first-order chi connectivity index (χ1) is 10.2. The third-order valence-corrected chi connectivity index (χ3v) is 3.37. The Kier molecular flexibility index (Phi) is 3.51. The summed E-state index contributed by atoms with van der Waals surface area (Å²) in [5, 5.41) is 4.49. The third-order valence-electron chi connectivity index (χ3n) is 3.37. The third kappa shape index (κ3) is 2.84. The van der Waals surface area contributed by atoms with E-state index in [9.17, 15) is 4.79 Å². The van der Waals surface area contributed by atoms with Gasteiger partial charge >= 0.3 is 0 Å². The molecule has 1 amide bonds. The molecule has 0 aliphatic carbocycles. The number of anilines is 1. The first-order valence-electron chi connectivity index (χ1n) is 6.70. The molecule has 104 valence electrons. The van der Waals surface area contributed by atoms with E-state index in [1.165, 1.54) is 0 Å². The highest BCUT2D eigenvalue weighted by molar-refractivity contribution is 5.93. The van der Waals surface area contributed by atoms with Crippen LogP contribution < -0.4 is 11.1 Å². The normalized spacial score (nSPS) is 10.5. The number of pyridine rings is 1. The average molecular weight is 277 g/mol. The lowest BCUT2D eigenvalue weighted by molar-refractivity contribution is 0.100. The van der Waals surface area contributed by atoms with E-state index >= 15 is 0 Å². The lowest BCUT2D eigenvalue weighted by Crippen LogP contribution is -2.10. The van der Waals surface area contributed by atoms with Crippen molar-refractivity contribution in [2.75, 3.05) is 5.32 Å². The van der Waals surface area contributed by atoms with Gasteiger partial charge in [0.05, 0.1) is 5.52 Å². The van der Waals surface area contributed by atoms with Gasteiger partial charge in [-0.15, -0.1) is 0 Å². The van der Waals surface area contributed by atoms with Crippen LogP contribution in [0.1, 0.15) is 15.9 Å².